The molecule has 128 valence electrons. The molecule has 0 radical (unpaired) electrons. The summed E-state index contributed by atoms with van der Waals surface area (Å²) in [7, 11) is 0. The van der Waals surface area contributed by atoms with Crippen molar-refractivity contribution in [2.45, 2.75) is 25.5 Å². The second-order valence-corrected chi connectivity index (χ2v) is 6.07. The van der Waals surface area contributed by atoms with Gasteiger partial charge < -0.3 is 10.4 Å². The molecule has 2 aromatic carbocycles. The van der Waals surface area contributed by atoms with E-state index in [1.807, 2.05) is 30.3 Å². The summed E-state index contributed by atoms with van der Waals surface area (Å²) in [5.74, 6) is -0.890. The number of carbonyl (C=O) groups excluding carboxylic acids is 1. The van der Waals surface area contributed by atoms with Gasteiger partial charge in [-0.05, 0) is 37.1 Å². The molecule has 2 unspecified atom stereocenters. The summed E-state index contributed by atoms with van der Waals surface area (Å²) in [4.78, 5) is 16.7. The average molecular weight is 338 g/mol. The lowest BCUT2D eigenvalue weighted by Gasteiger charge is -2.18. The highest BCUT2D eigenvalue weighted by molar-refractivity contribution is 6.05. The van der Waals surface area contributed by atoms with E-state index in [1.54, 1.807) is 25.3 Å². The Hall–Kier alpha value is -2.79. The third-order valence-corrected chi connectivity index (χ3v) is 4.05. The van der Waals surface area contributed by atoms with Gasteiger partial charge in [0.15, 0.2) is 0 Å². The zero-order chi connectivity index (χ0) is 17.8. The Morgan fingerprint density at radius 2 is 1.96 bits per heavy atom. The van der Waals surface area contributed by atoms with Crippen LogP contribution in [-0.4, -0.2) is 22.0 Å². The SMILES string of the molecule is CC(CC(O)c1ccccc1)NC(=O)c1cc(F)cc2cccnc12. The van der Waals surface area contributed by atoms with Gasteiger partial charge in [0.25, 0.3) is 5.91 Å². The van der Waals surface area contributed by atoms with Gasteiger partial charge in [-0.2, -0.15) is 0 Å². The minimum Gasteiger partial charge on any atom is -0.388 e. The van der Waals surface area contributed by atoms with E-state index in [0.29, 0.717) is 17.3 Å². The van der Waals surface area contributed by atoms with E-state index >= 15 is 0 Å². The van der Waals surface area contributed by atoms with Crippen molar-refractivity contribution in [1.82, 2.24) is 10.3 Å². The number of aromatic nitrogens is 1. The minimum absolute atomic E-state index is 0.191. The van der Waals surface area contributed by atoms with Crippen LogP contribution in [-0.2, 0) is 0 Å². The number of pyridine rings is 1. The maximum Gasteiger partial charge on any atom is 0.253 e. The standard InChI is InChI=1S/C20H19FN2O2/c1-13(10-18(24)14-6-3-2-4-7-14)23-20(25)17-12-16(21)11-15-8-5-9-22-19(15)17/h2-9,11-13,18,24H,10H2,1H3,(H,23,25). The highest BCUT2D eigenvalue weighted by Gasteiger charge is 2.18. The van der Waals surface area contributed by atoms with E-state index in [1.165, 1.54) is 12.1 Å². The Labute approximate surface area is 145 Å². The normalized spacial score (nSPS) is 13.4. The first-order chi connectivity index (χ1) is 12.0. The van der Waals surface area contributed by atoms with Crippen LogP contribution in [0.25, 0.3) is 10.9 Å². The summed E-state index contributed by atoms with van der Waals surface area (Å²) in [6.45, 7) is 1.80. The van der Waals surface area contributed by atoms with Crippen molar-refractivity contribution in [1.29, 1.82) is 0 Å². The summed E-state index contributed by atoms with van der Waals surface area (Å²) < 4.78 is 13.8. The average Bonchev–Trinajstić information content (AvgIpc) is 2.61. The van der Waals surface area contributed by atoms with Crippen molar-refractivity contribution in [2.24, 2.45) is 0 Å². The largest absolute Gasteiger partial charge is 0.388 e. The molecule has 0 saturated carbocycles. The number of aliphatic hydroxyl groups is 1. The predicted molar refractivity (Wildman–Crippen MR) is 94.6 cm³/mol. The summed E-state index contributed by atoms with van der Waals surface area (Å²) >= 11 is 0. The maximum atomic E-state index is 13.8. The highest BCUT2D eigenvalue weighted by atomic mass is 19.1. The molecule has 0 spiro atoms. The zero-order valence-corrected chi connectivity index (χ0v) is 13.8. The second-order valence-electron chi connectivity index (χ2n) is 6.07. The van der Waals surface area contributed by atoms with Gasteiger partial charge in [-0.15, -0.1) is 0 Å². The Kier molecular flexibility index (Phi) is 5.05. The lowest BCUT2D eigenvalue weighted by molar-refractivity contribution is 0.0918. The molecule has 0 bridgehead atoms. The molecule has 0 aliphatic heterocycles. The number of hydrogen-bond acceptors (Lipinski definition) is 3. The van der Waals surface area contributed by atoms with Crippen LogP contribution in [0.3, 0.4) is 0 Å². The molecule has 3 aromatic rings. The molecule has 1 amide bonds. The van der Waals surface area contributed by atoms with Gasteiger partial charge in [0.05, 0.1) is 17.2 Å². The number of hydrogen-bond donors (Lipinski definition) is 2. The van der Waals surface area contributed by atoms with Crippen molar-refractivity contribution < 1.29 is 14.3 Å². The Morgan fingerprint density at radius 3 is 2.72 bits per heavy atom. The number of rotatable bonds is 5. The number of amides is 1. The van der Waals surface area contributed by atoms with E-state index in [2.05, 4.69) is 10.3 Å². The van der Waals surface area contributed by atoms with E-state index in [-0.39, 0.29) is 11.6 Å². The third kappa shape index (κ3) is 4.00. The molecule has 0 fully saturated rings. The summed E-state index contributed by atoms with van der Waals surface area (Å²) in [6, 6.07) is 14.9. The van der Waals surface area contributed by atoms with Crippen molar-refractivity contribution in [3.05, 3.63) is 77.7 Å². The third-order valence-electron chi connectivity index (χ3n) is 4.05. The molecule has 0 aliphatic rings. The molecule has 4 nitrogen and oxygen atoms in total. The van der Waals surface area contributed by atoms with Crippen molar-refractivity contribution in [2.75, 3.05) is 0 Å². The van der Waals surface area contributed by atoms with E-state index in [9.17, 15) is 14.3 Å². The quantitative estimate of drug-likeness (QED) is 0.747. The second kappa shape index (κ2) is 7.40. The first-order valence-corrected chi connectivity index (χ1v) is 8.13. The Morgan fingerprint density at radius 1 is 1.20 bits per heavy atom. The molecule has 2 atom stereocenters. The molecule has 1 heterocycles. The van der Waals surface area contributed by atoms with Gasteiger partial charge in [-0.3, -0.25) is 9.78 Å². The summed E-state index contributed by atoms with van der Waals surface area (Å²) in [6.07, 6.45) is 1.25. The topological polar surface area (TPSA) is 62.2 Å². The number of benzene rings is 2. The van der Waals surface area contributed by atoms with Crippen LogP contribution in [0.2, 0.25) is 0 Å². The van der Waals surface area contributed by atoms with Crippen LogP contribution in [0.1, 0.15) is 35.4 Å². The maximum absolute atomic E-state index is 13.8. The van der Waals surface area contributed by atoms with Crippen molar-refractivity contribution in [3.8, 4) is 0 Å². The Bertz CT molecular complexity index is 883. The number of carbonyl (C=O) groups is 1. The molecular formula is C20H19FN2O2. The zero-order valence-electron chi connectivity index (χ0n) is 13.8. The predicted octanol–water partition coefficient (Wildman–Crippen LogP) is 3.62. The van der Waals surface area contributed by atoms with Crippen LogP contribution in [0, 0.1) is 5.82 Å². The lowest BCUT2D eigenvalue weighted by atomic mass is 10.0. The van der Waals surface area contributed by atoms with E-state index < -0.39 is 17.8 Å². The number of nitrogens with zero attached hydrogens (tertiary/aromatic N) is 1. The first-order valence-electron chi connectivity index (χ1n) is 8.13. The molecule has 25 heavy (non-hydrogen) atoms. The number of aliphatic hydroxyl groups excluding tert-OH is 1. The number of nitrogens with one attached hydrogen (secondary N) is 1. The molecule has 0 saturated heterocycles. The molecule has 1 aromatic heterocycles. The first kappa shape index (κ1) is 17.0. The van der Waals surface area contributed by atoms with Crippen LogP contribution >= 0.6 is 0 Å². The van der Waals surface area contributed by atoms with Gasteiger partial charge in [0.2, 0.25) is 0 Å². The minimum atomic E-state index is -0.682. The fraction of sp³-hybridized carbons (Fsp3) is 0.200. The fourth-order valence-corrected chi connectivity index (χ4v) is 2.84. The van der Waals surface area contributed by atoms with Crippen LogP contribution in [0.4, 0.5) is 4.39 Å². The molecular weight excluding hydrogens is 319 g/mol. The monoisotopic (exact) mass is 338 g/mol. The van der Waals surface area contributed by atoms with E-state index in [0.717, 1.165) is 5.56 Å². The fourth-order valence-electron chi connectivity index (χ4n) is 2.84. The molecule has 5 heteroatoms. The van der Waals surface area contributed by atoms with Crippen molar-refractivity contribution in [3.63, 3.8) is 0 Å². The van der Waals surface area contributed by atoms with Crippen molar-refractivity contribution >= 4 is 16.8 Å². The number of halogens is 1. The van der Waals surface area contributed by atoms with E-state index in [4.69, 9.17) is 0 Å². The number of fused-ring (bicyclic) bond motifs is 1. The Balaban J connectivity index is 1.74. The summed E-state index contributed by atoms with van der Waals surface area (Å²) in [5, 5.41) is 13.7. The molecule has 3 rings (SSSR count). The van der Waals surface area contributed by atoms with Crippen LogP contribution in [0.5, 0.6) is 0 Å². The molecule has 0 aliphatic carbocycles. The smallest absolute Gasteiger partial charge is 0.253 e. The summed E-state index contributed by atoms with van der Waals surface area (Å²) in [5.41, 5.74) is 1.44. The lowest BCUT2D eigenvalue weighted by Crippen LogP contribution is -2.34. The van der Waals surface area contributed by atoms with Gasteiger partial charge in [-0.25, -0.2) is 4.39 Å². The van der Waals surface area contributed by atoms with Crippen LogP contribution in [0.15, 0.2) is 60.8 Å². The van der Waals surface area contributed by atoms with Crippen LogP contribution < -0.4 is 5.32 Å². The van der Waals surface area contributed by atoms with Gasteiger partial charge >= 0.3 is 0 Å². The van der Waals surface area contributed by atoms with Gasteiger partial charge in [0, 0.05) is 17.6 Å². The van der Waals surface area contributed by atoms with Gasteiger partial charge in [-0.1, -0.05) is 36.4 Å². The van der Waals surface area contributed by atoms with Gasteiger partial charge in [0.1, 0.15) is 5.82 Å². The molecule has 2 N–H and O–H groups in total. The highest BCUT2D eigenvalue weighted by Crippen LogP contribution is 2.20.